The second kappa shape index (κ2) is 6.82. The van der Waals surface area contributed by atoms with Crippen molar-refractivity contribution in [3.05, 3.63) is 41.2 Å². The molecule has 0 radical (unpaired) electrons. The van der Waals surface area contributed by atoms with Gasteiger partial charge in [0.15, 0.2) is 0 Å². The van der Waals surface area contributed by atoms with Crippen LogP contribution in [0.2, 0.25) is 0 Å². The lowest BCUT2D eigenvalue weighted by atomic mass is 10.3. The quantitative estimate of drug-likeness (QED) is 0.503. The van der Waals surface area contributed by atoms with E-state index in [9.17, 15) is 8.78 Å². The van der Waals surface area contributed by atoms with Gasteiger partial charge in [-0.05, 0) is 31.5 Å². The Morgan fingerprint density at radius 3 is 2.71 bits per heavy atom. The zero-order chi connectivity index (χ0) is 15.4. The molecule has 4 nitrogen and oxygen atoms in total. The number of nitrogens with two attached hydrogens (primary N) is 1. The number of anilines is 1. The van der Waals surface area contributed by atoms with Gasteiger partial charge >= 0.3 is 0 Å². The first-order chi connectivity index (χ1) is 10.0. The van der Waals surface area contributed by atoms with E-state index in [0.29, 0.717) is 28.7 Å². The van der Waals surface area contributed by atoms with Crippen LogP contribution in [0.3, 0.4) is 0 Å². The van der Waals surface area contributed by atoms with Crippen molar-refractivity contribution in [3.63, 3.8) is 0 Å². The number of nitrogen functional groups attached to an aromatic ring is 1. The number of hydrogen-bond acceptors (Lipinski definition) is 5. The molecule has 7 heteroatoms. The predicted molar refractivity (Wildman–Crippen MR) is 79.1 cm³/mol. The Morgan fingerprint density at radius 2 is 2.05 bits per heavy atom. The lowest BCUT2D eigenvalue weighted by Crippen LogP contribution is -2.13. The van der Waals surface area contributed by atoms with Gasteiger partial charge in [0.05, 0.1) is 4.90 Å². The highest BCUT2D eigenvalue weighted by atomic mass is 32.2. The zero-order valence-electron chi connectivity index (χ0n) is 11.8. The van der Waals surface area contributed by atoms with E-state index in [1.165, 1.54) is 0 Å². The minimum Gasteiger partial charge on any atom is -0.308 e. The minimum absolute atomic E-state index is 0.183. The minimum atomic E-state index is -0.489. The van der Waals surface area contributed by atoms with E-state index in [-0.39, 0.29) is 4.90 Å². The number of benzene rings is 1. The fourth-order valence-electron chi connectivity index (χ4n) is 1.78. The van der Waals surface area contributed by atoms with Crippen LogP contribution in [0.5, 0.6) is 0 Å². The second-order valence-electron chi connectivity index (χ2n) is 4.49. The molecular weight excluding hydrogens is 294 g/mol. The van der Waals surface area contributed by atoms with E-state index in [0.717, 1.165) is 36.4 Å². The predicted octanol–water partition coefficient (Wildman–Crippen LogP) is 3.45. The van der Waals surface area contributed by atoms with Crippen LogP contribution in [-0.4, -0.2) is 9.97 Å². The molecule has 1 aromatic carbocycles. The van der Waals surface area contributed by atoms with Crippen LogP contribution >= 0.6 is 11.8 Å². The lowest BCUT2D eigenvalue weighted by Gasteiger charge is -2.11. The largest absolute Gasteiger partial charge is 0.308 e. The molecule has 3 N–H and O–H groups in total. The third-order valence-electron chi connectivity index (χ3n) is 2.86. The van der Waals surface area contributed by atoms with E-state index in [1.807, 2.05) is 6.92 Å². The molecule has 0 unspecified atom stereocenters. The van der Waals surface area contributed by atoms with Crippen molar-refractivity contribution in [1.82, 2.24) is 9.97 Å². The highest BCUT2D eigenvalue weighted by Gasteiger charge is 2.14. The van der Waals surface area contributed by atoms with Gasteiger partial charge in [0.25, 0.3) is 0 Å². The summed E-state index contributed by atoms with van der Waals surface area (Å²) in [7, 11) is 0. The van der Waals surface area contributed by atoms with Gasteiger partial charge in [-0.25, -0.2) is 24.6 Å². The van der Waals surface area contributed by atoms with Gasteiger partial charge < -0.3 is 5.43 Å². The van der Waals surface area contributed by atoms with Crippen LogP contribution in [0.4, 0.5) is 14.6 Å². The molecule has 0 fully saturated rings. The first-order valence-corrected chi connectivity index (χ1v) is 7.33. The Hall–Kier alpha value is -1.73. The number of halogens is 2. The maximum atomic E-state index is 13.7. The molecule has 1 aromatic heterocycles. The molecule has 0 amide bonds. The van der Waals surface area contributed by atoms with Crippen molar-refractivity contribution in [2.75, 3.05) is 5.43 Å². The van der Waals surface area contributed by atoms with Gasteiger partial charge in [-0.2, -0.15) is 0 Å². The molecule has 2 rings (SSSR count). The number of rotatable bonds is 5. The fourth-order valence-corrected chi connectivity index (χ4v) is 2.72. The molecule has 0 atom stereocenters. The van der Waals surface area contributed by atoms with E-state index >= 15 is 0 Å². The Labute approximate surface area is 126 Å². The topological polar surface area (TPSA) is 63.8 Å². The lowest BCUT2D eigenvalue weighted by molar-refractivity contribution is 0.577. The molecule has 0 aliphatic carbocycles. The van der Waals surface area contributed by atoms with Crippen molar-refractivity contribution in [2.45, 2.75) is 36.6 Å². The summed E-state index contributed by atoms with van der Waals surface area (Å²) in [5, 5.41) is 0.561. The first kappa shape index (κ1) is 15.7. The average molecular weight is 310 g/mol. The summed E-state index contributed by atoms with van der Waals surface area (Å²) in [6.07, 6.45) is 1.57. The summed E-state index contributed by atoms with van der Waals surface area (Å²) >= 11 is 1.06. The second-order valence-corrected chi connectivity index (χ2v) is 5.52. The molecule has 21 heavy (non-hydrogen) atoms. The molecule has 1 heterocycles. The van der Waals surface area contributed by atoms with Crippen LogP contribution in [0.1, 0.15) is 24.7 Å². The Kier molecular flexibility index (Phi) is 5.08. The summed E-state index contributed by atoms with van der Waals surface area (Å²) in [6.45, 7) is 3.79. The molecule has 0 saturated carbocycles. The summed E-state index contributed by atoms with van der Waals surface area (Å²) in [5.41, 5.74) is 3.21. The summed E-state index contributed by atoms with van der Waals surface area (Å²) in [6, 6.07) is 3.33. The SMILES string of the molecule is CCCc1nc(NN)c(C)c(Sc2cc(F)ccc2F)n1. The van der Waals surface area contributed by atoms with E-state index < -0.39 is 11.6 Å². The van der Waals surface area contributed by atoms with Gasteiger partial charge in [-0.15, -0.1) is 0 Å². The normalized spacial score (nSPS) is 10.7. The molecule has 2 aromatic rings. The van der Waals surface area contributed by atoms with E-state index in [2.05, 4.69) is 15.4 Å². The third-order valence-corrected chi connectivity index (χ3v) is 3.98. The monoisotopic (exact) mass is 310 g/mol. The third kappa shape index (κ3) is 3.68. The van der Waals surface area contributed by atoms with Crippen LogP contribution in [0, 0.1) is 18.6 Å². The van der Waals surface area contributed by atoms with Crippen molar-refractivity contribution in [1.29, 1.82) is 0 Å². The van der Waals surface area contributed by atoms with Crippen LogP contribution < -0.4 is 11.3 Å². The van der Waals surface area contributed by atoms with Crippen molar-refractivity contribution >= 4 is 17.6 Å². The Bertz CT molecular complexity index is 649. The molecule has 0 bridgehead atoms. The highest BCUT2D eigenvalue weighted by molar-refractivity contribution is 7.99. The number of nitrogens with one attached hydrogen (secondary N) is 1. The Balaban J connectivity index is 2.42. The van der Waals surface area contributed by atoms with Crippen molar-refractivity contribution in [3.8, 4) is 0 Å². The van der Waals surface area contributed by atoms with Gasteiger partial charge in [0.2, 0.25) is 0 Å². The summed E-state index contributed by atoms with van der Waals surface area (Å²) in [4.78, 5) is 8.88. The standard InChI is InChI=1S/C14H16F2N4S/c1-3-4-12-18-13(20-17)8(2)14(19-12)21-11-7-9(15)5-6-10(11)16/h5-7H,3-4,17H2,1-2H3,(H,18,19,20). The number of hydrogen-bond donors (Lipinski definition) is 2. The van der Waals surface area contributed by atoms with Crippen LogP contribution in [-0.2, 0) is 6.42 Å². The van der Waals surface area contributed by atoms with Crippen LogP contribution in [0.25, 0.3) is 0 Å². The fraction of sp³-hybridized carbons (Fsp3) is 0.286. The molecule has 0 saturated heterocycles. The first-order valence-electron chi connectivity index (χ1n) is 6.52. The molecule has 0 spiro atoms. The maximum Gasteiger partial charge on any atom is 0.147 e. The smallest absolute Gasteiger partial charge is 0.147 e. The zero-order valence-corrected chi connectivity index (χ0v) is 12.6. The number of hydrazine groups is 1. The highest BCUT2D eigenvalue weighted by Crippen LogP contribution is 2.33. The van der Waals surface area contributed by atoms with Crippen molar-refractivity contribution < 1.29 is 8.78 Å². The number of aromatic nitrogens is 2. The summed E-state index contributed by atoms with van der Waals surface area (Å²) < 4.78 is 27.0. The molecule has 0 aliphatic rings. The maximum absolute atomic E-state index is 13.7. The number of aryl methyl sites for hydroxylation is 1. The van der Waals surface area contributed by atoms with Gasteiger partial charge in [-0.1, -0.05) is 18.7 Å². The average Bonchev–Trinajstić information content (AvgIpc) is 2.46. The van der Waals surface area contributed by atoms with E-state index in [1.54, 1.807) is 6.92 Å². The molecule has 112 valence electrons. The molecular formula is C14H16F2N4S. The van der Waals surface area contributed by atoms with Crippen LogP contribution in [0.15, 0.2) is 28.1 Å². The molecule has 0 aliphatic heterocycles. The Morgan fingerprint density at radius 1 is 1.29 bits per heavy atom. The summed E-state index contributed by atoms with van der Waals surface area (Å²) in [5.74, 6) is 5.59. The number of nitrogens with zero attached hydrogens (tertiary/aromatic N) is 2. The van der Waals surface area contributed by atoms with Crippen molar-refractivity contribution in [2.24, 2.45) is 5.84 Å². The van der Waals surface area contributed by atoms with Gasteiger partial charge in [-0.3, -0.25) is 0 Å². The van der Waals surface area contributed by atoms with Gasteiger partial charge in [0, 0.05) is 12.0 Å². The van der Waals surface area contributed by atoms with E-state index in [4.69, 9.17) is 5.84 Å². The van der Waals surface area contributed by atoms with Gasteiger partial charge in [0.1, 0.15) is 28.3 Å².